The fourth-order valence-electron chi connectivity index (χ4n) is 4.67. The summed E-state index contributed by atoms with van der Waals surface area (Å²) >= 11 is 0. The summed E-state index contributed by atoms with van der Waals surface area (Å²) in [7, 11) is 1.54. The van der Waals surface area contributed by atoms with Crippen molar-refractivity contribution in [3.05, 3.63) is 59.5 Å². The Balaban J connectivity index is 1.39. The molecule has 32 heavy (non-hydrogen) atoms. The highest BCUT2D eigenvalue weighted by Crippen LogP contribution is 2.25. The van der Waals surface area contributed by atoms with Crippen molar-refractivity contribution in [3.63, 3.8) is 0 Å². The van der Waals surface area contributed by atoms with Crippen molar-refractivity contribution in [2.45, 2.75) is 38.3 Å². The van der Waals surface area contributed by atoms with Gasteiger partial charge in [-0.05, 0) is 62.9 Å². The van der Waals surface area contributed by atoms with E-state index in [0.717, 1.165) is 50.9 Å². The number of hydrogen-bond acceptors (Lipinski definition) is 5. The number of ether oxygens (including phenoxy) is 2. The molecule has 0 saturated carbocycles. The van der Waals surface area contributed by atoms with Crippen molar-refractivity contribution >= 4 is 5.91 Å². The number of pyridine rings is 1. The Morgan fingerprint density at radius 1 is 1.19 bits per heavy atom. The van der Waals surface area contributed by atoms with Crippen LogP contribution in [0.1, 0.15) is 41.6 Å². The van der Waals surface area contributed by atoms with Crippen molar-refractivity contribution in [1.82, 2.24) is 14.8 Å². The molecular formula is C25H32FN3O3. The SMILES string of the molecule is COc1ncccc1C(=O)N(CC1CCN(Cc2ccccc2F)CC1)C[C@H]1CCCO1. The smallest absolute Gasteiger partial charge is 0.259 e. The van der Waals surface area contributed by atoms with E-state index >= 15 is 0 Å². The number of carbonyl (C=O) groups excluding carboxylic acids is 1. The highest BCUT2D eigenvalue weighted by Gasteiger charge is 2.29. The van der Waals surface area contributed by atoms with Gasteiger partial charge in [-0.3, -0.25) is 9.69 Å². The molecule has 172 valence electrons. The van der Waals surface area contributed by atoms with Crippen LogP contribution < -0.4 is 4.74 Å². The second-order valence-electron chi connectivity index (χ2n) is 8.72. The molecule has 1 aromatic heterocycles. The first-order valence-electron chi connectivity index (χ1n) is 11.5. The van der Waals surface area contributed by atoms with Crippen molar-refractivity contribution in [3.8, 4) is 5.88 Å². The number of likely N-dealkylation sites (tertiary alicyclic amines) is 1. The normalized spacial score (nSPS) is 19.8. The van der Waals surface area contributed by atoms with Gasteiger partial charge in [-0.2, -0.15) is 0 Å². The molecule has 3 heterocycles. The number of nitrogens with zero attached hydrogens (tertiary/aromatic N) is 3. The standard InChI is InChI=1S/C25H32FN3O3/c1-31-24-22(8-4-12-27-24)25(30)29(18-21-7-5-15-32-21)16-19-10-13-28(14-11-19)17-20-6-2-3-9-23(20)26/h2-4,6,8-9,12,19,21H,5,7,10-11,13-18H2,1H3/t21-/m1/s1. The molecule has 7 heteroatoms. The van der Waals surface area contributed by atoms with Gasteiger partial charge < -0.3 is 14.4 Å². The maximum Gasteiger partial charge on any atom is 0.259 e. The van der Waals surface area contributed by atoms with Gasteiger partial charge in [0.25, 0.3) is 5.91 Å². The summed E-state index contributed by atoms with van der Waals surface area (Å²) in [5, 5.41) is 0. The van der Waals surface area contributed by atoms with Crippen LogP contribution in [0.25, 0.3) is 0 Å². The Morgan fingerprint density at radius 3 is 2.72 bits per heavy atom. The van der Waals surface area contributed by atoms with Crippen LogP contribution in [0.4, 0.5) is 4.39 Å². The molecule has 2 aliphatic rings. The minimum atomic E-state index is -0.145. The number of halogens is 1. The number of aromatic nitrogens is 1. The van der Waals surface area contributed by atoms with Gasteiger partial charge in [0, 0.05) is 38.0 Å². The molecule has 1 atom stereocenters. The van der Waals surface area contributed by atoms with E-state index in [1.54, 1.807) is 24.4 Å². The zero-order valence-corrected chi connectivity index (χ0v) is 18.7. The summed E-state index contributed by atoms with van der Waals surface area (Å²) in [6.45, 7) is 4.47. The Bertz CT molecular complexity index is 896. The molecule has 0 bridgehead atoms. The third kappa shape index (κ3) is 5.64. The molecule has 0 unspecified atom stereocenters. The lowest BCUT2D eigenvalue weighted by molar-refractivity contribution is 0.0441. The van der Waals surface area contributed by atoms with Crippen LogP contribution >= 0.6 is 0 Å². The van der Waals surface area contributed by atoms with Crippen LogP contribution in [-0.4, -0.2) is 66.7 Å². The van der Waals surface area contributed by atoms with Gasteiger partial charge in [0.15, 0.2) is 0 Å². The van der Waals surface area contributed by atoms with E-state index < -0.39 is 0 Å². The van der Waals surface area contributed by atoms with Crippen LogP contribution in [0, 0.1) is 11.7 Å². The van der Waals surface area contributed by atoms with Crippen molar-refractivity contribution in [2.24, 2.45) is 5.92 Å². The first-order valence-corrected chi connectivity index (χ1v) is 11.5. The average Bonchev–Trinajstić information content (AvgIpc) is 3.34. The largest absolute Gasteiger partial charge is 0.480 e. The molecule has 0 N–H and O–H groups in total. The predicted molar refractivity (Wildman–Crippen MR) is 120 cm³/mol. The highest BCUT2D eigenvalue weighted by atomic mass is 19.1. The van der Waals surface area contributed by atoms with Crippen molar-refractivity contribution in [2.75, 3.05) is 39.9 Å². The first-order chi connectivity index (χ1) is 15.6. The zero-order valence-electron chi connectivity index (χ0n) is 18.7. The number of methoxy groups -OCH3 is 1. The minimum absolute atomic E-state index is 0.0563. The summed E-state index contributed by atoms with van der Waals surface area (Å²) < 4.78 is 25.2. The monoisotopic (exact) mass is 441 g/mol. The topological polar surface area (TPSA) is 54.9 Å². The summed E-state index contributed by atoms with van der Waals surface area (Å²) in [6, 6.07) is 10.5. The molecule has 0 radical (unpaired) electrons. The van der Waals surface area contributed by atoms with Gasteiger partial charge in [-0.25, -0.2) is 9.37 Å². The molecule has 1 aromatic carbocycles. The van der Waals surface area contributed by atoms with Gasteiger partial charge >= 0.3 is 0 Å². The summed E-state index contributed by atoms with van der Waals surface area (Å²) in [4.78, 5) is 21.8. The van der Waals surface area contributed by atoms with Crippen LogP contribution in [0.15, 0.2) is 42.6 Å². The molecule has 1 amide bonds. The number of piperidine rings is 1. The Hall–Kier alpha value is -2.51. The number of rotatable bonds is 8. The lowest BCUT2D eigenvalue weighted by Crippen LogP contribution is -2.43. The average molecular weight is 442 g/mol. The van der Waals surface area contributed by atoms with Crippen LogP contribution in [-0.2, 0) is 11.3 Å². The number of benzene rings is 1. The molecule has 6 nitrogen and oxygen atoms in total. The maximum absolute atomic E-state index is 14.0. The third-order valence-corrected chi connectivity index (χ3v) is 6.47. The maximum atomic E-state index is 14.0. The predicted octanol–water partition coefficient (Wildman–Crippen LogP) is 3.76. The van der Waals surface area contributed by atoms with Crippen molar-refractivity contribution < 1.29 is 18.7 Å². The molecule has 0 spiro atoms. The molecule has 2 aromatic rings. The molecule has 2 fully saturated rings. The van der Waals surface area contributed by atoms with Gasteiger partial charge in [-0.1, -0.05) is 18.2 Å². The number of carbonyl (C=O) groups is 1. The second-order valence-corrected chi connectivity index (χ2v) is 8.72. The van der Waals surface area contributed by atoms with Gasteiger partial charge in [-0.15, -0.1) is 0 Å². The van der Waals surface area contributed by atoms with E-state index in [1.807, 2.05) is 17.0 Å². The summed E-state index contributed by atoms with van der Waals surface area (Å²) in [5.74, 6) is 0.557. The minimum Gasteiger partial charge on any atom is -0.480 e. The number of amides is 1. The lowest BCUT2D eigenvalue weighted by atomic mass is 9.95. The van der Waals surface area contributed by atoms with E-state index in [1.165, 1.54) is 13.2 Å². The Morgan fingerprint density at radius 2 is 2.00 bits per heavy atom. The molecule has 4 rings (SSSR count). The van der Waals surface area contributed by atoms with Crippen molar-refractivity contribution in [1.29, 1.82) is 0 Å². The lowest BCUT2D eigenvalue weighted by Gasteiger charge is -2.35. The first kappa shape index (κ1) is 22.7. The van der Waals surface area contributed by atoms with Gasteiger partial charge in [0.1, 0.15) is 11.4 Å². The molecule has 2 saturated heterocycles. The molecular weight excluding hydrogens is 409 g/mol. The van der Waals surface area contributed by atoms with E-state index in [0.29, 0.717) is 37.0 Å². The van der Waals surface area contributed by atoms with Gasteiger partial charge in [0.2, 0.25) is 5.88 Å². The fraction of sp³-hybridized carbons (Fsp3) is 0.520. The molecule has 2 aliphatic heterocycles. The quantitative estimate of drug-likeness (QED) is 0.624. The Labute approximate surface area is 189 Å². The highest BCUT2D eigenvalue weighted by molar-refractivity contribution is 5.96. The van der Waals surface area contributed by atoms with Gasteiger partial charge in [0.05, 0.1) is 13.2 Å². The summed E-state index contributed by atoms with van der Waals surface area (Å²) in [5.41, 5.74) is 1.23. The second kappa shape index (κ2) is 10.9. The Kier molecular flexibility index (Phi) is 7.71. The third-order valence-electron chi connectivity index (χ3n) is 6.47. The van der Waals surface area contributed by atoms with E-state index in [2.05, 4.69) is 9.88 Å². The fourth-order valence-corrected chi connectivity index (χ4v) is 4.67. The zero-order chi connectivity index (χ0) is 22.3. The van der Waals surface area contributed by atoms with Crippen LogP contribution in [0.2, 0.25) is 0 Å². The summed E-state index contributed by atoms with van der Waals surface area (Å²) in [6.07, 6.45) is 5.70. The number of hydrogen-bond donors (Lipinski definition) is 0. The molecule has 0 aliphatic carbocycles. The van der Waals surface area contributed by atoms with Crippen LogP contribution in [0.3, 0.4) is 0 Å². The van der Waals surface area contributed by atoms with Crippen LogP contribution in [0.5, 0.6) is 5.88 Å². The van der Waals surface area contributed by atoms with E-state index in [4.69, 9.17) is 9.47 Å². The van der Waals surface area contributed by atoms with E-state index in [9.17, 15) is 9.18 Å². The van der Waals surface area contributed by atoms with E-state index in [-0.39, 0.29) is 17.8 Å².